The van der Waals surface area contributed by atoms with Crippen LogP contribution in [0.15, 0.2) is 85.3 Å². The smallest absolute Gasteiger partial charge is 0.308 e. The first-order valence-electron chi connectivity index (χ1n) is 14.1. The van der Waals surface area contributed by atoms with Crippen molar-refractivity contribution in [3.8, 4) is 0 Å². The van der Waals surface area contributed by atoms with Gasteiger partial charge in [-0.05, 0) is 42.2 Å². The SMILES string of the molecule is O=C(C[C@H](C(=O)N[C@H]1Cc2cn(c3ccccc23)CCCCCCNC1=O)n1cccc1)OCc1ccccc1. The third-order valence-corrected chi connectivity index (χ3v) is 7.45. The average Bonchev–Trinajstić information content (AvgIpc) is 3.63. The van der Waals surface area contributed by atoms with E-state index in [-0.39, 0.29) is 18.9 Å². The number of carbonyl (C=O) groups excluding carboxylic acids is 3. The van der Waals surface area contributed by atoms with Gasteiger partial charge < -0.3 is 24.5 Å². The van der Waals surface area contributed by atoms with Gasteiger partial charge >= 0.3 is 5.97 Å². The molecule has 1 aliphatic rings. The van der Waals surface area contributed by atoms with Crippen LogP contribution in [0.3, 0.4) is 0 Å². The van der Waals surface area contributed by atoms with Crippen molar-refractivity contribution in [1.29, 1.82) is 0 Å². The molecule has 5 rings (SSSR count). The van der Waals surface area contributed by atoms with Gasteiger partial charge in [0.2, 0.25) is 11.8 Å². The van der Waals surface area contributed by atoms with E-state index in [1.165, 1.54) is 0 Å². The quantitative estimate of drug-likeness (QED) is 0.337. The zero-order valence-electron chi connectivity index (χ0n) is 22.6. The molecule has 0 unspecified atom stereocenters. The monoisotopic (exact) mass is 540 g/mol. The molecule has 40 heavy (non-hydrogen) atoms. The summed E-state index contributed by atoms with van der Waals surface area (Å²) in [6.07, 6.45) is 9.89. The molecule has 8 heteroatoms. The summed E-state index contributed by atoms with van der Waals surface area (Å²) in [5.41, 5.74) is 3.01. The Morgan fingerprint density at radius 3 is 2.52 bits per heavy atom. The molecule has 0 saturated heterocycles. The molecule has 3 heterocycles. The number of hydrogen-bond acceptors (Lipinski definition) is 4. The van der Waals surface area contributed by atoms with Gasteiger partial charge in [-0.1, -0.05) is 61.4 Å². The number of nitrogens with one attached hydrogen (secondary N) is 2. The van der Waals surface area contributed by atoms with Crippen LogP contribution >= 0.6 is 0 Å². The Labute approximate surface area is 234 Å². The van der Waals surface area contributed by atoms with Crippen molar-refractivity contribution in [2.45, 2.75) is 63.8 Å². The highest BCUT2D eigenvalue weighted by Gasteiger charge is 2.29. The Morgan fingerprint density at radius 2 is 1.70 bits per heavy atom. The lowest BCUT2D eigenvalue weighted by molar-refractivity contribution is -0.147. The number of fused-ring (bicyclic) bond motifs is 5. The highest BCUT2D eigenvalue weighted by atomic mass is 16.5. The van der Waals surface area contributed by atoms with E-state index < -0.39 is 24.0 Å². The zero-order valence-corrected chi connectivity index (χ0v) is 22.6. The van der Waals surface area contributed by atoms with Crippen molar-refractivity contribution in [2.75, 3.05) is 6.54 Å². The Balaban J connectivity index is 1.35. The number of rotatable bonds is 7. The first kappa shape index (κ1) is 27.2. The second kappa shape index (κ2) is 13.2. The van der Waals surface area contributed by atoms with Gasteiger partial charge in [-0.15, -0.1) is 0 Å². The van der Waals surface area contributed by atoms with Crippen molar-refractivity contribution < 1.29 is 19.1 Å². The maximum absolute atomic E-state index is 13.7. The van der Waals surface area contributed by atoms with Crippen LogP contribution in [0.4, 0.5) is 0 Å². The number of nitrogens with zero attached hydrogens (tertiary/aromatic N) is 2. The maximum atomic E-state index is 13.7. The fourth-order valence-corrected chi connectivity index (χ4v) is 5.31. The van der Waals surface area contributed by atoms with E-state index in [0.717, 1.165) is 54.3 Å². The minimum absolute atomic E-state index is 0.134. The highest BCUT2D eigenvalue weighted by Crippen LogP contribution is 2.24. The van der Waals surface area contributed by atoms with Gasteiger partial charge in [-0.25, -0.2) is 0 Å². The molecule has 0 radical (unpaired) electrons. The van der Waals surface area contributed by atoms with Crippen LogP contribution in [-0.4, -0.2) is 39.5 Å². The van der Waals surface area contributed by atoms with Crippen molar-refractivity contribution in [2.24, 2.45) is 0 Å². The van der Waals surface area contributed by atoms with E-state index >= 15 is 0 Å². The lowest BCUT2D eigenvalue weighted by Crippen LogP contribution is -2.50. The molecular formula is C32H36N4O4. The van der Waals surface area contributed by atoms with E-state index in [1.54, 1.807) is 29.1 Å². The van der Waals surface area contributed by atoms with Crippen LogP contribution in [-0.2, 0) is 38.7 Å². The van der Waals surface area contributed by atoms with E-state index in [9.17, 15) is 14.4 Å². The van der Waals surface area contributed by atoms with Gasteiger partial charge in [-0.2, -0.15) is 0 Å². The summed E-state index contributed by atoms with van der Waals surface area (Å²) >= 11 is 0. The van der Waals surface area contributed by atoms with Gasteiger partial charge in [0.15, 0.2) is 0 Å². The standard InChI is InChI=1S/C32H36N4O4/c37-30(40-23-24-12-4-3-5-13-24)21-29(35-17-10-11-18-35)32(39)34-27-20-25-22-36(28-15-7-6-14-26(25)28)19-9-2-1-8-16-33-31(27)38/h3-7,10-15,17-18,22,27,29H,1-2,8-9,16,19-21,23H2,(H,33,38)(H,34,39)/t27-,29+/m0/s1. The molecule has 2 N–H and O–H groups in total. The van der Waals surface area contributed by atoms with Gasteiger partial charge in [0.25, 0.3) is 0 Å². The predicted octanol–water partition coefficient (Wildman–Crippen LogP) is 4.54. The number of ether oxygens (including phenoxy) is 1. The lowest BCUT2D eigenvalue weighted by atomic mass is 10.0. The summed E-state index contributed by atoms with van der Waals surface area (Å²) in [6.45, 7) is 1.62. The molecule has 8 nitrogen and oxygen atoms in total. The van der Waals surface area contributed by atoms with Crippen LogP contribution in [0.25, 0.3) is 10.9 Å². The number of aromatic nitrogens is 2. The molecule has 2 atom stereocenters. The number of carbonyl (C=O) groups is 3. The predicted molar refractivity (Wildman–Crippen MR) is 153 cm³/mol. The van der Waals surface area contributed by atoms with Gasteiger partial charge in [0.1, 0.15) is 18.7 Å². The van der Waals surface area contributed by atoms with Crippen molar-refractivity contribution in [3.63, 3.8) is 0 Å². The summed E-state index contributed by atoms with van der Waals surface area (Å²) in [5, 5.41) is 7.08. The number of aryl methyl sites for hydroxylation is 1. The number of hydrogen-bond donors (Lipinski definition) is 2. The largest absolute Gasteiger partial charge is 0.461 e. The Bertz CT molecular complexity index is 1430. The molecule has 2 bridgehead atoms. The summed E-state index contributed by atoms with van der Waals surface area (Å²) in [5.74, 6) is -1.11. The number of para-hydroxylation sites is 1. The third kappa shape index (κ3) is 6.81. The van der Waals surface area contributed by atoms with Crippen LogP contribution in [0.2, 0.25) is 0 Å². The molecule has 2 aromatic carbocycles. The Kier molecular flexibility index (Phi) is 8.96. The summed E-state index contributed by atoms with van der Waals surface area (Å²) in [7, 11) is 0. The van der Waals surface area contributed by atoms with Gasteiger partial charge in [0.05, 0.1) is 6.42 Å². The fraction of sp³-hybridized carbons (Fsp3) is 0.344. The van der Waals surface area contributed by atoms with Crippen LogP contribution < -0.4 is 10.6 Å². The third-order valence-electron chi connectivity index (χ3n) is 7.45. The van der Waals surface area contributed by atoms with Gasteiger partial charge in [0, 0.05) is 49.0 Å². The molecule has 2 aromatic heterocycles. The molecule has 0 aliphatic carbocycles. The highest BCUT2D eigenvalue weighted by molar-refractivity contribution is 5.92. The maximum Gasteiger partial charge on any atom is 0.308 e. The average molecular weight is 541 g/mol. The van der Waals surface area contributed by atoms with E-state index in [2.05, 4.69) is 33.5 Å². The van der Waals surface area contributed by atoms with Crippen LogP contribution in [0.5, 0.6) is 0 Å². The number of esters is 1. The molecule has 208 valence electrons. The van der Waals surface area contributed by atoms with Crippen LogP contribution in [0.1, 0.15) is 49.3 Å². The summed E-state index contributed by atoms with van der Waals surface area (Å²) < 4.78 is 9.41. The van der Waals surface area contributed by atoms with E-state index in [1.807, 2.05) is 42.5 Å². The van der Waals surface area contributed by atoms with Gasteiger partial charge in [-0.3, -0.25) is 14.4 Å². The molecule has 0 saturated carbocycles. The lowest BCUT2D eigenvalue weighted by Gasteiger charge is -2.23. The number of benzene rings is 2. The zero-order chi connectivity index (χ0) is 27.7. The molecule has 4 aromatic rings. The minimum atomic E-state index is -0.850. The fourth-order valence-electron chi connectivity index (χ4n) is 5.31. The molecule has 2 amide bonds. The molecule has 0 spiro atoms. The molecule has 1 aliphatic heterocycles. The second-order valence-corrected chi connectivity index (χ2v) is 10.3. The normalized spacial score (nSPS) is 17.1. The first-order chi connectivity index (χ1) is 19.6. The molecule has 0 fully saturated rings. The topological polar surface area (TPSA) is 94.4 Å². The molecular weight excluding hydrogens is 504 g/mol. The summed E-state index contributed by atoms with van der Waals surface area (Å²) in [4.78, 5) is 39.9. The van der Waals surface area contributed by atoms with E-state index in [4.69, 9.17) is 4.74 Å². The van der Waals surface area contributed by atoms with Crippen molar-refractivity contribution in [3.05, 3.63) is 96.4 Å². The van der Waals surface area contributed by atoms with Crippen molar-refractivity contribution >= 4 is 28.7 Å². The first-order valence-corrected chi connectivity index (χ1v) is 14.1. The number of amides is 2. The Hall–Kier alpha value is -4.33. The Morgan fingerprint density at radius 1 is 0.950 bits per heavy atom. The summed E-state index contributed by atoms with van der Waals surface area (Å²) in [6, 6.07) is 19.6. The van der Waals surface area contributed by atoms with E-state index in [0.29, 0.717) is 13.0 Å². The second-order valence-electron chi connectivity index (χ2n) is 10.3. The minimum Gasteiger partial charge on any atom is -0.461 e. The van der Waals surface area contributed by atoms with Crippen LogP contribution in [0, 0.1) is 0 Å². The van der Waals surface area contributed by atoms with Crippen molar-refractivity contribution in [1.82, 2.24) is 19.8 Å².